The molecule has 0 spiro atoms. The molecule has 3 rings (SSSR count). The van der Waals surface area contributed by atoms with Crippen LogP contribution in [-0.2, 0) is 24.4 Å². The molecule has 6 nitrogen and oxygen atoms in total. The van der Waals surface area contributed by atoms with E-state index in [0.29, 0.717) is 31.9 Å². The van der Waals surface area contributed by atoms with Crippen LogP contribution in [0.2, 0.25) is 0 Å². The van der Waals surface area contributed by atoms with E-state index in [2.05, 4.69) is 9.55 Å². The Bertz CT molecular complexity index is 589. The van der Waals surface area contributed by atoms with Crippen molar-refractivity contribution in [3.63, 3.8) is 0 Å². The molecule has 2 aromatic heterocycles. The van der Waals surface area contributed by atoms with Crippen LogP contribution >= 0.6 is 0 Å². The average molecular weight is 275 g/mol. The number of aromatic nitrogens is 2. The second kappa shape index (κ2) is 5.50. The minimum Gasteiger partial charge on any atom is -0.472 e. The average Bonchev–Trinajstić information content (AvgIpc) is 3.13. The summed E-state index contributed by atoms with van der Waals surface area (Å²) in [4.78, 5) is 18.5. The number of hydrogen-bond donors (Lipinski definition) is 0. The zero-order chi connectivity index (χ0) is 13.9. The molecule has 0 bridgehead atoms. The summed E-state index contributed by atoms with van der Waals surface area (Å²) in [6, 6.07) is 1.69. The maximum atomic E-state index is 12.3. The molecular formula is C14H17N3O3. The number of rotatable bonds is 4. The van der Waals surface area contributed by atoms with Crippen LogP contribution in [0.3, 0.4) is 0 Å². The van der Waals surface area contributed by atoms with E-state index in [1.807, 2.05) is 18.2 Å². The molecule has 1 aliphatic rings. The molecule has 2 aromatic rings. The summed E-state index contributed by atoms with van der Waals surface area (Å²) in [6.07, 6.45) is 4.82. The SMILES string of the molecule is CCOCc1ncn2c1CN(C(=O)c1ccoc1)CC2. The second-order valence-electron chi connectivity index (χ2n) is 4.71. The van der Waals surface area contributed by atoms with Crippen LogP contribution < -0.4 is 0 Å². The standard InChI is InChI=1S/C14H17N3O3/c1-2-19-9-12-13-7-16(4-5-17(13)10-15-12)14(18)11-3-6-20-8-11/h3,6,8,10H,2,4-5,7,9H2,1H3. The van der Waals surface area contributed by atoms with Gasteiger partial charge in [-0.3, -0.25) is 4.79 Å². The van der Waals surface area contributed by atoms with Gasteiger partial charge in [0.25, 0.3) is 5.91 Å². The van der Waals surface area contributed by atoms with Crippen molar-refractivity contribution >= 4 is 5.91 Å². The van der Waals surface area contributed by atoms with Crippen LogP contribution in [0.1, 0.15) is 28.7 Å². The maximum Gasteiger partial charge on any atom is 0.257 e. The van der Waals surface area contributed by atoms with Crippen molar-refractivity contribution in [3.05, 3.63) is 41.9 Å². The fraction of sp³-hybridized carbons (Fsp3) is 0.429. The number of fused-ring (bicyclic) bond motifs is 1. The van der Waals surface area contributed by atoms with Crippen LogP contribution in [0, 0.1) is 0 Å². The van der Waals surface area contributed by atoms with E-state index in [-0.39, 0.29) is 5.91 Å². The monoisotopic (exact) mass is 275 g/mol. The fourth-order valence-electron chi connectivity index (χ4n) is 2.37. The second-order valence-corrected chi connectivity index (χ2v) is 4.71. The van der Waals surface area contributed by atoms with Gasteiger partial charge in [-0.05, 0) is 13.0 Å². The molecule has 0 fully saturated rings. The largest absolute Gasteiger partial charge is 0.472 e. The van der Waals surface area contributed by atoms with Crippen molar-refractivity contribution in [1.29, 1.82) is 0 Å². The third kappa shape index (κ3) is 2.34. The first-order valence-corrected chi connectivity index (χ1v) is 6.71. The molecule has 3 heterocycles. The van der Waals surface area contributed by atoms with Gasteiger partial charge in [-0.15, -0.1) is 0 Å². The van der Waals surface area contributed by atoms with Gasteiger partial charge >= 0.3 is 0 Å². The van der Waals surface area contributed by atoms with Gasteiger partial charge in [-0.1, -0.05) is 0 Å². The molecule has 0 radical (unpaired) electrons. The zero-order valence-electron chi connectivity index (χ0n) is 11.4. The smallest absolute Gasteiger partial charge is 0.257 e. The van der Waals surface area contributed by atoms with Crippen LogP contribution in [-0.4, -0.2) is 33.5 Å². The van der Waals surface area contributed by atoms with Crippen molar-refractivity contribution < 1.29 is 13.9 Å². The van der Waals surface area contributed by atoms with E-state index in [1.54, 1.807) is 6.07 Å². The third-order valence-electron chi connectivity index (χ3n) is 3.48. The van der Waals surface area contributed by atoms with E-state index in [4.69, 9.17) is 9.15 Å². The predicted octanol–water partition coefficient (Wildman–Crippen LogP) is 1.67. The number of ether oxygens (including phenoxy) is 1. The summed E-state index contributed by atoms with van der Waals surface area (Å²) in [5.74, 6) is -0.00596. The van der Waals surface area contributed by atoms with Crippen molar-refractivity contribution in [2.75, 3.05) is 13.2 Å². The van der Waals surface area contributed by atoms with Gasteiger partial charge in [0.1, 0.15) is 6.26 Å². The van der Waals surface area contributed by atoms with Crippen molar-refractivity contribution in [1.82, 2.24) is 14.5 Å². The van der Waals surface area contributed by atoms with Crippen LogP contribution in [0.25, 0.3) is 0 Å². The van der Waals surface area contributed by atoms with E-state index >= 15 is 0 Å². The molecule has 0 atom stereocenters. The predicted molar refractivity (Wildman–Crippen MR) is 71.0 cm³/mol. The fourth-order valence-corrected chi connectivity index (χ4v) is 2.37. The summed E-state index contributed by atoms with van der Waals surface area (Å²) >= 11 is 0. The molecule has 20 heavy (non-hydrogen) atoms. The van der Waals surface area contributed by atoms with Crippen LogP contribution in [0.4, 0.5) is 0 Å². The van der Waals surface area contributed by atoms with Gasteiger partial charge in [0.05, 0.1) is 42.7 Å². The summed E-state index contributed by atoms with van der Waals surface area (Å²) in [6.45, 7) is 5.11. The molecule has 0 saturated heterocycles. The Morgan fingerprint density at radius 1 is 1.50 bits per heavy atom. The number of furan rings is 1. The van der Waals surface area contributed by atoms with E-state index in [9.17, 15) is 4.79 Å². The quantitative estimate of drug-likeness (QED) is 0.851. The first-order valence-electron chi connectivity index (χ1n) is 6.71. The Hall–Kier alpha value is -2.08. The zero-order valence-corrected chi connectivity index (χ0v) is 11.4. The van der Waals surface area contributed by atoms with Gasteiger partial charge in [-0.2, -0.15) is 0 Å². The lowest BCUT2D eigenvalue weighted by Crippen LogP contribution is -2.38. The molecule has 0 unspecified atom stereocenters. The van der Waals surface area contributed by atoms with E-state index in [1.165, 1.54) is 12.5 Å². The van der Waals surface area contributed by atoms with E-state index < -0.39 is 0 Å². The highest BCUT2D eigenvalue weighted by Gasteiger charge is 2.24. The number of hydrogen-bond acceptors (Lipinski definition) is 4. The summed E-state index contributed by atoms with van der Waals surface area (Å²) < 4.78 is 12.5. The van der Waals surface area contributed by atoms with Crippen LogP contribution in [0.15, 0.2) is 29.3 Å². The first kappa shape index (κ1) is 12.9. The minimum absolute atomic E-state index is 0.00596. The third-order valence-corrected chi connectivity index (χ3v) is 3.48. The minimum atomic E-state index is -0.00596. The number of carbonyl (C=O) groups excluding carboxylic acids is 1. The van der Waals surface area contributed by atoms with Crippen molar-refractivity contribution in [3.8, 4) is 0 Å². The normalized spacial score (nSPS) is 14.3. The van der Waals surface area contributed by atoms with Gasteiger partial charge in [0.2, 0.25) is 0 Å². The number of imidazole rings is 1. The molecule has 106 valence electrons. The highest BCUT2D eigenvalue weighted by molar-refractivity contribution is 5.93. The highest BCUT2D eigenvalue weighted by atomic mass is 16.5. The number of amides is 1. The molecule has 0 aliphatic carbocycles. The Morgan fingerprint density at radius 2 is 2.40 bits per heavy atom. The molecule has 0 N–H and O–H groups in total. The first-order chi connectivity index (χ1) is 9.79. The van der Waals surface area contributed by atoms with Crippen LogP contribution in [0.5, 0.6) is 0 Å². The molecule has 0 aromatic carbocycles. The number of carbonyl (C=O) groups is 1. The Labute approximate surface area is 117 Å². The van der Waals surface area contributed by atoms with Gasteiger partial charge in [-0.25, -0.2) is 4.98 Å². The highest BCUT2D eigenvalue weighted by Crippen LogP contribution is 2.19. The topological polar surface area (TPSA) is 60.5 Å². The van der Waals surface area contributed by atoms with Gasteiger partial charge in [0.15, 0.2) is 0 Å². The molecule has 1 amide bonds. The maximum absolute atomic E-state index is 12.3. The summed E-state index contributed by atoms with van der Waals surface area (Å²) in [5.41, 5.74) is 2.56. The lowest BCUT2D eigenvalue weighted by molar-refractivity contribution is 0.0705. The lowest BCUT2D eigenvalue weighted by Gasteiger charge is -2.28. The summed E-state index contributed by atoms with van der Waals surface area (Å²) in [7, 11) is 0. The lowest BCUT2D eigenvalue weighted by atomic mass is 10.2. The molecular weight excluding hydrogens is 258 g/mol. The number of nitrogens with zero attached hydrogens (tertiary/aromatic N) is 3. The molecule has 6 heteroatoms. The molecule has 1 aliphatic heterocycles. The Morgan fingerprint density at radius 3 is 3.15 bits per heavy atom. The molecule has 0 saturated carbocycles. The Kier molecular flexibility index (Phi) is 3.56. The van der Waals surface area contributed by atoms with E-state index in [0.717, 1.165) is 17.9 Å². The van der Waals surface area contributed by atoms with Gasteiger partial charge in [0, 0.05) is 19.7 Å². The summed E-state index contributed by atoms with van der Waals surface area (Å²) in [5, 5.41) is 0. The van der Waals surface area contributed by atoms with Crippen molar-refractivity contribution in [2.24, 2.45) is 0 Å². The van der Waals surface area contributed by atoms with Gasteiger partial charge < -0.3 is 18.6 Å². The Balaban J connectivity index is 1.77. The van der Waals surface area contributed by atoms with Crippen molar-refractivity contribution in [2.45, 2.75) is 26.6 Å².